The lowest BCUT2D eigenvalue weighted by Gasteiger charge is -2.31. The minimum atomic E-state index is -0.350. The van der Waals surface area contributed by atoms with E-state index in [4.69, 9.17) is 9.47 Å². The summed E-state index contributed by atoms with van der Waals surface area (Å²) < 4.78 is 10.9. The van der Waals surface area contributed by atoms with Crippen LogP contribution in [-0.4, -0.2) is 73.7 Å². The van der Waals surface area contributed by atoms with Gasteiger partial charge in [0.1, 0.15) is 6.04 Å². The molecule has 0 unspecified atom stereocenters. The molecule has 6 heteroatoms. The second-order valence-electron chi connectivity index (χ2n) is 6.55. The highest BCUT2D eigenvalue weighted by atomic mass is 16.5. The van der Waals surface area contributed by atoms with Crippen molar-refractivity contribution in [2.75, 3.05) is 40.0 Å². The summed E-state index contributed by atoms with van der Waals surface area (Å²) in [5.74, 6) is 0.0668. The molecule has 3 heterocycles. The highest BCUT2D eigenvalue weighted by Crippen LogP contribution is 2.27. The normalized spacial score (nSPS) is 32.5. The zero-order valence-corrected chi connectivity index (χ0v) is 13.3. The average Bonchev–Trinajstić information content (AvgIpc) is 3.23. The van der Waals surface area contributed by atoms with Gasteiger partial charge in [-0.3, -0.25) is 9.59 Å². The molecule has 3 rings (SSSR count). The van der Waals surface area contributed by atoms with Gasteiger partial charge < -0.3 is 19.3 Å². The zero-order chi connectivity index (χ0) is 15.5. The fourth-order valence-corrected chi connectivity index (χ4v) is 3.76. The molecule has 6 nitrogen and oxygen atoms in total. The molecule has 0 radical (unpaired) electrons. The molecule has 2 amide bonds. The molecule has 124 valence electrons. The van der Waals surface area contributed by atoms with Crippen molar-refractivity contribution in [3.05, 3.63) is 0 Å². The van der Waals surface area contributed by atoms with E-state index in [0.717, 1.165) is 45.4 Å². The number of ether oxygens (including phenoxy) is 2. The van der Waals surface area contributed by atoms with E-state index in [-0.39, 0.29) is 29.9 Å². The molecule has 0 N–H and O–H groups in total. The standard InChI is InChI=1S/C16H26N2O4/c1-21-13-9-14(16(20)17-6-2-3-7-17)18(10-13)15(19)12-5-4-8-22-11-12/h12-14H,2-11H2,1H3/t12-,13+,14+/m1/s1. The van der Waals surface area contributed by atoms with E-state index >= 15 is 0 Å². The van der Waals surface area contributed by atoms with Crippen molar-refractivity contribution in [3.8, 4) is 0 Å². The number of hydrogen-bond donors (Lipinski definition) is 0. The Labute approximate surface area is 131 Å². The minimum Gasteiger partial charge on any atom is -0.381 e. The molecule has 0 aromatic heterocycles. The van der Waals surface area contributed by atoms with E-state index in [1.807, 2.05) is 4.90 Å². The summed E-state index contributed by atoms with van der Waals surface area (Å²) in [6.07, 6.45) is 4.49. The zero-order valence-electron chi connectivity index (χ0n) is 13.3. The lowest BCUT2D eigenvalue weighted by atomic mass is 10.00. The van der Waals surface area contributed by atoms with E-state index in [1.54, 1.807) is 12.0 Å². The molecule has 3 saturated heterocycles. The molecule has 0 aromatic carbocycles. The predicted molar refractivity (Wildman–Crippen MR) is 80.3 cm³/mol. The van der Waals surface area contributed by atoms with Gasteiger partial charge in [-0.05, 0) is 25.7 Å². The van der Waals surface area contributed by atoms with Gasteiger partial charge in [0.15, 0.2) is 0 Å². The number of carbonyl (C=O) groups excluding carboxylic acids is 2. The predicted octanol–water partition coefficient (Wildman–Crippen LogP) is 0.651. The summed E-state index contributed by atoms with van der Waals surface area (Å²) in [5, 5.41) is 0. The average molecular weight is 310 g/mol. The fourth-order valence-electron chi connectivity index (χ4n) is 3.76. The van der Waals surface area contributed by atoms with Crippen molar-refractivity contribution in [2.24, 2.45) is 5.92 Å². The van der Waals surface area contributed by atoms with Crippen molar-refractivity contribution in [3.63, 3.8) is 0 Å². The maximum atomic E-state index is 12.8. The van der Waals surface area contributed by atoms with E-state index in [0.29, 0.717) is 19.6 Å². The van der Waals surface area contributed by atoms with Crippen LogP contribution in [0.1, 0.15) is 32.1 Å². The quantitative estimate of drug-likeness (QED) is 0.768. The van der Waals surface area contributed by atoms with Crippen LogP contribution < -0.4 is 0 Å². The van der Waals surface area contributed by atoms with Crippen molar-refractivity contribution in [1.82, 2.24) is 9.80 Å². The minimum absolute atomic E-state index is 0.0370. The van der Waals surface area contributed by atoms with Crippen LogP contribution in [0.3, 0.4) is 0 Å². The topological polar surface area (TPSA) is 59.1 Å². The first kappa shape index (κ1) is 15.7. The molecule has 3 atom stereocenters. The molecule has 0 bridgehead atoms. The van der Waals surface area contributed by atoms with Gasteiger partial charge in [0.2, 0.25) is 11.8 Å². The Bertz CT molecular complexity index is 416. The number of hydrogen-bond acceptors (Lipinski definition) is 4. The summed E-state index contributed by atoms with van der Waals surface area (Å²) in [5.41, 5.74) is 0. The monoisotopic (exact) mass is 310 g/mol. The van der Waals surface area contributed by atoms with Crippen LogP contribution in [0.5, 0.6) is 0 Å². The van der Waals surface area contributed by atoms with Crippen LogP contribution in [0.15, 0.2) is 0 Å². The molecule has 0 aliphatic carbocycles. The van der Waals surface area contributed by atoms with Gasteiger partial charge in [0.05, 0.1) is 18.6 Å². The molecule has 3 aliphatic heterocycles. The number of likely N-dealkylation sites (tertiary alicyclic amines) is 2. The third-order valence-electron chi connectivity index (χ3n) is 5.09. The van der Waals surface area contributed by atoms with Gasteiger partial charge in [-0.1, -0.05) is 0 Å². The Hall–Kier alpha value is -1.14. The van der Waals surface area contributed by atoms with Gasteiger partial charge in [-0.2, -0.15) is 0 Å². The third-order valence-corrected chi connectivity index (χ3v) is 5.09. The van der Waals surface area contributed by atoms with Gasteiger partial charge in [0, 0.05) is 39.8 Å². The first-order valence-electron chi connectivity index (χ1n) is 8.40. The molecule has 0 saturated carbocycles. The number of carbonyl (C=O) groups is 2. The van der Waals surface area contributed by atoms with Crippen LogP contribution in [-0.2, 0) is 19.1 Å². The summed E-state index contributed by atoms with van der Waals surface area (Å²) in [7, 11) is 1.65. The Morgan fingerprint density at radius 2 is 1.91 bits per heavy atom. The van der Waals surface area contributed by atoms with Crippen LogP contribution in [0, 0.1) is 5.92 Å². The van der Waals surface area contributed by atoms with Gasteiger partial charge in [0.25, 0.3) is 0 Å². The first-order valence-corrected chi connectivity index (χ1v) is 8.40. The number of rotatable bonds is 3. The van der Waals surface area contributed by atoms with E-state index < -0.39 is 0 Å². The van der Waals surface area contributed by atoms with Crippen LogP contribution in [0.4, 0.5) is 0 Å². The lowest BCUT2D eigenvalue weighted by Crippen LogP contribution is -2.49. The Balaban J connectivity index is 1.70. The third kappa shape index (κ3) is 3.13. The van der Waals surface area contributed by atoms with E-state index in [1.165, 1.54) is 0 Å². The number of methoxy groups -OCH3 is 1. The largest absolute Gasteiger partial charge is 0.381 e. The highest BCUT2D eigenvalue weighted by molar-refractivity contribution is 5.89. The molecule has 3 fully saturated rings. The molecular formula is C16H26N2O4. The van der Waals surface area contributed by atoms with Crippen molar-refractivity contribution >= 4 is 11.8 Å². The maximum absolute atomic E-state index is 12.8. The molecular weight excluding hydrogens is 284 g/mol. The van der Waals surface area contributed by atoms with Crippen molar-refractivity contribution in [2.45, 2.75) is 44.2 Å². The summed E-state index contributed by atoms with van der Waals surface area (Å²) in [6, 6.07) is -0.350. The maximum Gasteiger partial charge on any atom is 0.245 e. The van der Waals surface area contributed by atoms with Crippen molar-refractivity contribution < 1.29 is 19.1 Å². The SMILES string of the molecule is CO[C@H]1C[C@@H](C(=O)N2CCCC2)N(C(=O)[C@@H]2CCCOC2)C1. The van der Waals surface area contributed by atoms with Crippen LogP contribution in [0.25, 0.3) is 0 Å². The molecule has 0 spiro atoms. The van der Waals surface area contributed by atoms with Crippen LogP contribution >= 0.6 is 0 Å². The summed E-state index contributed by atoms with van der Waals surface area (Å²) in [4.78, 5) is 29.2. The fraction of sp³-hybridized carbons (Fsp3) is 0.875. The first-order chi connectivity index (χ1) is 10.7. The Morgan fingerprint density at radius 1 is 1.14 bits per heavy atom. The number of nitrogens with zero attached hydrogens (tertiary/aromatic N) is 2. The van der Waals surface area contributed by atoms with E-state index in [2.05, 4.69) is 0 Å². The molecule has 0 aromatic rings. The Kier molecular flexibility index (Phi) is 4.98. The lowest BCUT2D eigenvalue weighted by molar-refractivity contribution is -0.148. The second kappa shape index (κ2) is 6.96. The highest BCUT2D eigenvalue weighted by Gasteiger charge is 2.43. The van der Waals surface area contributed by atoms with E-state index in [9.17, 15) is 9.59 Å². The van der Waals surface area contributed by atoms with Gasteiger partial charge in [-0.25, -0.2) is 0 Å². The van der Waals surface area contributed by atoms with Gasteiger partial charge >= 0.3 is 0 Å². The molecule has 3 aliphatic rings. The number of amides is 2. The summed E-state index contributed by atoms with van der Waals surface area (Å²) in [6.45, 7) is 3.39. The molecule has 22 heavy (non-hydrogen) atoms. The summed E-state index contributed by atoms with van der Waals surface area (Å²) >= 11 is 0. The smallest absolute Gasteiger partial charge is 0.245 e. The van der Waals surface area contributed by atoms with Crippen molar-refractivity contribution in [1.29, 1.82) is 0 Å². The Morgan fingerprint density at radius 3 is 2.55 bits per heavy atom. The second-order valence-corrected chi connectivity index (χ2v) is 6.55. The van der Waals surface area contributed by atoms with Crippen LogP contribution in [0.2, 0.25) is 0 Å². The van der Waals surface area contributed by atoms with Gasteiger partial charge in [-0.15, -0.1) is 0 Å².